The van der Waals surface area contributed by atoms with Crippen LogP contribution in [0.1, 0.15) is 32.9 Å². The molecule has 11 heteroatoms. The largest absolute Gasteiger partial charge is 0.354 e. The Balaban J connectivity index is 0.00000160. The summed E-state index contributed by atoms with van der Waals surface area (Å²) in [5.74, 6) is 3.47. The van der Waals surface area contributed by atoms with Crippen molar-refractivity contribution in [1.29, 1.82) is 0 Å². The van der Waals surface area contributed by atoms with Gasteiger partial charge in [0.15, 0.2) is 0 Å². The molecule has 4 heterocycles. The molecule has 7 nitrogen and oxygen atoms in total. The Labute approximate surface area is 209 Å². The van der Waals surface area contributed by atoms with Gasteiger partial charge in [-0.3, -0.25) is 9.69 Å². The van der Waals surface area contributed by atoms with Crippen molar-refractivity contribution in [3.8, 4) is 0 Å². The van der Waals surface area contributed by atoms with Crippen LogP contribution in [0, 0.1) is 6.92 Å². The summed E-state index contributed by atoms with van der Waals surface area (Å²) < 4.78 is 2.16. The van der Waals surface area contributed by atoms with Gasteiger partial charge in [-0.2, -0.15) is 5.10 Å². The van der Waals surface area contributed by atoms with Gasteiger partial charge in [0.25, 0.3) is 0 Å². The summed E-state index contributed by atoms with van der Waals surface area (Å²) in [6, 6.07) is 2.69. The lowest BCUT2D eigenvalue weighted by Crippen LogP contribution is -2.51. The molecule has 4 rings (SSSR count). The minimum absolute atomic E-state index is 0. The summed E-state index contributed by atoms with van der Waals surface area (Å²) in [6.07, 6.45) is 0.943. The Hall–Kier alpha value is -0.380. The summed E-state index contributed by atoms with van der Waals surface area (Å²) >= 11 is 1.86. The smallest absolute Gasteiger partial charge is 0.240 e. The number of halogens is 3. The molecule has 1 N–H and O–H groups in total. The Morgan fingerprint density at radius 3 is 2.39 bits per heavy atom. The third-order valence-corrected chi connectivity index (χ3v) is 7.04. The lowest BCUT2D eigenvalue weighted by molar-refractivity contribution is -0.131. The van der Waals surface area contributed by atoms with Gasteiger partial charge in [0.2, 0.25) is 5.91 Å². The predicted molar refractivity (Wildman–Crippen MR) is 137 cm³/mol. The zero-order chi connectivity index (χ0) is 19.9. The number of carbonyl (C=O) groups excluding carboxylic acids is 1. The van der Waals surface area contributed by atoms with Crippen LogP contribution in [0.4, 0.5) is 5.82 Å². The lowest BCUT2D eigenvalue weighted by Gasteiger charge is -2.39. The summed E-state index contributed by atoms with van der Waals surface area (Å²) in [4.78, 5) is 19.7. The van der Waals surface area contributed by atoms with E-state index in [1.54, 1.807) is 0 Å². The van der Waals surface area contributed by atoms with Crippen molar-refractivity contribution >= 4 is 60.7 Å². The van der Waals surface area contributed by atoms with E-state index in [-0.39, 0.29) is 48.8 Å². The third-order valence-electron chi connectivity index (χ3n) is 6.07. The van der Waals surface area contributed by atoms with Crippen molar-refractivity contribution in [2.45, 2.75) is 51.7 Å². The predicted octanol–water partition coefficient (Wildman–Crippen LogP) is 2.60. The number of nitrogens with one attached hydrogen (secondary N) is 1. The van der Waals surface area contributed by atoms with Crippen LogP contribution >= 0.6 is 49.0 Å². The van der Waals surface area contributed by atoms with E-state index in [1.807, 2.05) is 16.7 Å². The number of piperazine rings is 1. The number of anilines is 1. The fourth-order valence-corrected chi connectivity index (χ4v) is 5.47. The molecule has 0 bridgehead atoms. The topological polar surface area (TPSA) is 56.6 Å². The van der Waals surface area contributed by atoms with Gasteiger partial charge >= 0.3 is 0 Å². The number of carbonyl (C=O) groups is 1. The molecule has 0 aliphatic carbocycles. The highest BCUT2D eigenvalue weighted by Crippen LogP contribution is 2.27. The number of thioether (sulfide) groups is 1. The van der Waals surface area contributed by atoms with Gasteiger partial charge in [-0.05, 0) is 34.1 Å². The molecule has 1 aromatic heterocycles. The normalized spacial score (nSPS) is 24.4. The van der Waals surface area contributed by atoms with E-state index in [0.29, 0.717) is 11.9 Å². The van der Waals surface area contributed by atoms with Crippen molar-refractivity contribution in [3.63, 3.8) is 0 Å². The number of amides is 1. The first kappa shape index (κ1) is 28.7. The fourth-order valence-electron chi connectivity index (χ4n) is 4.51. The number of aromatic nitrogens is 2. The lowest BCUT2D eigenvalue weighted by atomic mass is 10.1. The van der Waals surface area contributed by atoms with Crippen molar-refractivity contribution in [2.24, 2.45) is 0 Å². The van der Waals surface area contributed by atoms with Crippen LogP contribution in [0.3, 0.4) is 0 Å². The Kier molecular flexibility index (Phi) is 10.8. The Bertz CT molecular complexity index is 714. The molecule has 0 spiro atoms. The van der Waals surface area contributed by atoms with Crippen molar-refractivity contribution in [3.05, 3.63) is 11.8 Å². The van der Waals surface area contributed by atoms with E-state index >= 15 is 0 Å². The van der Waals surface area contributed by atoms with Gasteiger partial charge in [-0.25, -0.2) is 4.68 Å². The molecule has 180 valence electrons. The third kappa shape index (κ3) is 6.36. The minimum atomic E-state index is -0.0163. The summed E-state index contributed by atoms with van der Waals surface area (Å²) in [7, 11) is 0. The second-order valence-electron chi connectivity index (χ2n) is 9.24. The van der Waals surface area contributed by atoms with E-state index in [9.17, 15) is 4.79 Å². The van der Waals surface area contributed by atoms with Crippen LogP contribution in [-0.4, -0.2) is 88.5 Å². The van der Waals surface area contributed by atoms with Gasteiger partial charge in [-0.15, -0.1) is 49.0 Å². The molecular formula is C20H37Cl3N6OS. The van der Waals surface area contributed by atoms with Crippen molar-refractivity contribution in [1.82, 2.24) is 24.9 Å². The fraction of sp³-hybridized carbons (Fsp3) is 0.800. The molecule has 0 aromatic carbocycles. The first-order valence-electron chi connectivity index (χ1n) is 10.5. The number of rotatable bonds is 3. The minimum Gasteiger partial charge on any atom is -0.354 e. The average molecular weight is 516 g/mol. The van der Waals surface area contributed by atoms with Crippen LogP contribution in [-0.2, 0) is 10.3 Å². The van der Waals surface area contributed by atoms with Crippen LogP contribution < -0.4 is 10.2 Å². The summed E-state index contributed by atoms with van der Waals surface area (Å²) in [5.41, 5.74) is 1.06. The molecule has 1 amide bonds. The second kappa shape index (κ2) is 11.7. The molecule has 3 aliphatic heterocycles. The van der Waals surface area contributed by atoms with E-state index in [0.717, 1.165) is 63.0 Å². The van der Waals surface area contributed by atoms with E-state index in [2.05, 4.69) is 53.6 Å². The van der Waals surface area contributed by atoms with Crippen molar-refractivity contribution < 1.29 is 4.79 Å². The Morgan fingerprint density at radius 1 is 1.13 bits per heavy atom. The van der Waals surface area contributed by atoms with Crippen molar-refractivity contribution in [2.75, 3.05) is 55.8 Å². The molecule has 31 heavy (non-hydrogen) atoms. The zero-order valence-corrected chi connectivity index (χ0v) is 22.1. The van der Waals surface area contributed by atoms with E-state index in [4.69, 9.17) is 5.10 Å². The first-order chi connectivity index (χ1) is 13.3. The summed E-state index contributed by atoms with van der Waals surface area (Å²) in [5, 5.41) is 8.21. The maximum Gasteiger partial charge on any atom is 0.240 e. The van der Waals surface area contributed by atoms with Crippen LogP contribution in [0.25, 0.3) is 0 Å². The highest BCUT2D eigenvalue weighted by molar-refractivity contribution is 7.99. The second-order valence-corrected chi connectivity index (χ2v) is 10.3. The highest BCUT2D eigenvalue weighted by Gasteiger charge is 2.37. The zero-order valence-electron chi connectivity index (χ0n) is 18.9. The SMILES string of the molecule is Cc1cc(N2CCN([C@@H]3CN[C@H](C(=O)N4CCSC4)C3)CC2)n(C(C)(C)C)n1.Cl.Cl.Cl. The number of hydrogen-bond donors (Lipinski definition) is 1. The number of aryl methyl sites for hydroxylation is 1. The molecular weight excluding hydrogens is 479 g/mol. The van der Waals surface area contributed by atoms with Gasteiger partial charge < -0.3 is 15.1 Å². The van der Waals surface area contributed by atoms with Gasteiger partial charge in [-0.1, -0.05) is 0 Å². The molecule has 3 fully saturated rings. The highest BCUT2D eigenvalue weighted by atomic mass is 35.5. The molecule has 3 saturated heterocycles. The quantitative estimate of drug-likeness (QED) is 0.668. The number of hydrogen-bond acceptors (Lipinski definition) is 6. The maximum atomic E-state index is 12.7. The molecule has 0 saturated carbocycles. The Morgan fingerprint density at radius 2 is 1.81 bits per heavy atom. The molecule has 0 radical (unpaired) electrons. The maximum absolute atomic E-state index is 12.7. The van der Waals surface area contributed by atoms with Gasteiger partial charge in [0.05, 0.1) is 23.2 Å². The van der Waals surface area contributed by atoms with Crippen LogP contribution in [0.15, 0.2) is 6.07 Å². The molecule has 1 aromatic rings. The van der Waals surface area contributed by atoms with Gasteiger partial charge in [0, 0.05) is 57.1 Å². The van der Waals surface area contributed by atoms with Crippen LogP contribution in [0.2, 0.25) is 0 Å². The van der Waals surface area contributed by atoms with E-state index < -0.39 is 0 Å². The average Bonchev–Trinajstić information content (AvgIpc) is 3.41. The van der Waals surface area contributed by atoms with E-state index in [1.165, 1.54) is 5.82 Å². The standard InChI is InChI=1S/C20H34N6OS.3ClH/c1-15-11-18(26(22-15)20(2,3)4)24-7-5-23(6-8-24)16-12-17(21-13-16)19(27)25-9-10-28-14-25;;;/h11,16-17,21H,5-10,12-14H2,1-4H3;3*1H/t16-,17-;;;/m0.../s1. The molecule has 2 atom stereocenters. The van der Waals surface area contributed by atoms with Gasteiger partial charge in [0.1, 0.15) is 5.82 Å². The molecule has 3 aliphatic rings. The van der Waals surface area contributed by atoms with Crippen LogP contribution in [0.5, 0.6) is 0 Å². The molecule has 0 unspecified atom stereocenters. The first-order valence-corrected chi connectivity index (χ1v) is 11.6. The summed E-state index contributed by atoms with van der Waals surface area (Å²) in [6.45, 7) is 14.6. The number of nitrogens with zero attached hydrogens (tertiary/aromatic N) is 5. The monoisotopic (exact) mass is 514 g/mol.